The lowest BCUT2D eigenvalue weighted by Crippen LogP contribution is -2.29. The van der Waals surface area contributed by atoms with E-state index in [0.717, 1.165) is 17.7 Å². The molecule has 2 heterocycles. The zero-order valence-electron chi connectivity index (χ0n) is 13.8. The van der Waals surface area contributed by atoms with Gasteiger partial charge in [-0.2, -0.15) is 5.10 Å². The van der Waals surface area contributed by atoms with Crippen molar-refractivity contribution < 1.29 is 17.9 Å². The molecule has 3 rings (SSSR count). The molecule has 1 aromatic carbocycles. The summed E-state index contributed by atoms with van der Waals surface area (Å²) in [7, 11) is -2.01. The maximum absolute atomic E-state index is 12.5. The van der Waals surface area contributed by atoms with Crippen LogP contribution >= 0.6 is 0 Å². The van der Waals surface area contributed by atoms with E-state index in [-0.39, 0.29) is 11.4 Å². The van der Waals surface area contributed by atoms with Crippen LogP contribution < -0.4 is 9.46 Å². The number of hydrogen-bond acceptors (Lipinski definition) is 5. The second kappa shape index (κ2) is 6.92. The molecule has 7 nitrogen and oxygen atoms in total. The SMILES string of the molecule is COc1ccc(S(=O)(=O)NCCn2ncc3c2CCOC3)c(C)c1. The van der Waals surface area contributed by atoms with Crippen molar-refractivity contribution >= 4 is 10.0 Å². The Balaban J connectivity index is 1.66. The van der Waals surface area contributed by atoms with Crippen molar-refractivity contribution in [1.29, 1.82) is 0 Å². The molecule has 0 fully saturated rings. The minimum absolute atomic E-state index is 0.263. The predicted molar refractivity (Wildman–Crippen MR) is 88.5 cm³/mol. The number of hydrogen-bond donors (Lipinski definition) is 1. The summed E-state index contributed by atoms with van der Waals surface area (Å²) in [5.41, 5.74) is 2.85. The van der Waals surface area contributed by atoms with E-state index >= 15 is 0 Å². The van der Waals surface area contributed by atoms with Crippen LogP contribution in [0.3, 0.4) is 0 Å². The summed E-state index contributed by atoms with van der Waals surface area (Å²) in [4.78, 5) is 0.263. The van der Waals surface area contributed by atoms with E-state index in [1.54, 1.807) is 38.4 Å². The third kappa shape index (κ3) is 3.45. The summed E-state index contributed by atoms with van der Waals surface area (Å²) in [6.45, 7) is 3.77. The molecule has 1 aromatic heterocycles. The van der Waals surface area contributed by atoms with Gasteiger partial charge >= 0.3 is 0 Å². The molecule has 0 bridgehead atoms. The topological polar surface area (TPSA) is 82.5 Å². The number of methoxy groups -OCH3 is 1. The van der Waals surface area contributed by atoms with Gasteiger partial charge in [0.2, 0.25) is 10.0 Å². The Labute approximate surface area is 141 Å². The molecule has 130 valence electrons. The molecule has 0 saturated heterocycles. The molecule has 0 radical (unpaired) electrons. The summed E-state index contributed by atoms with van der Waals surface area (Å²) >= 11 is 0. The van der Waals surface area contributed by atoms with Crippen molar-refractivity contribution in [1.82, 2.24) is 14.5 Å². The van der Waals surface area contributed by atoms with Crippen LogP contribution in [0, 0.1) is 6.92 Å². The maximum Gasteiger partial charge on any atom is 0.240 e. The minimum atomic E-state index is -3.56. The average molecular weight is 351 g/mol. The van der Waals surface area contributed by atoms with Gasteiger partial charge in [0.05, 0.1) is 38.0 Å². The van der Waals surface area contributed by atoms with Crippen LogP contribution in [0.4, 0.5) is 0 Å². The van der Waals surface area contributed by atoms with E-state index < -0.39 is 10.0 Å². The highest BCUT2D eigenvalue weighted by molar-refractivity contribution is 7.89. The maximum atomic E-state index is 12.5. The number of aromatic nitrogens is 2. The third-order valence-corrected chi connectivity index (χ3v) is 5.68. The largest absolute Gasteiger partial charge is 0.497 e. The van der Waals surface area contributed by atoms with E-state index in [2.05, 4.69) is 9.82 Å². The van der Waals surface area contributed by atoms with Gasteiger partial charge in [0, 0.05) is 24.2 Å². The molecule has 2 aromatic rings. The Bertz CT molecular complexity index is 830. The van der Waals surface area contributed by atoms with Gasteiger partial charge in [0.25, 0.3) is 0 Å². The van der Waals surface area contributed by atoms with Crippen molar-refractivity contribution in [2.24, 2.45) is 0 Å². The number of ether oxygens (including phenoxy) is 2. The van der Waals surface area contributed by atoms with Crippen molar-refractivity contribution in [3.8, 4) is 5.75 Å². The molecule has 1 aliphatic rings. The molecule has 8 heteroatoms. The number of sulfonamides is 1. The summed E-state index contributed by atoms with van der Waals surface area (Å²) < 4.78 is 39.9. The average Bonchev–Trinajstić information content (AvgIpc) is 2.97. The fourth-order valence-corrected chi connectivity index (χ4v) is 4.06. The van der Waals surface area contributed by atoms with E-state index in [1.165, 1.54) is 0 Å². The molecular weight excluding hydrogens is 330 g/mol. The van der Waals surface area contributed by atoms with E-state index in [1.807, 2.05) is 4.68 Å². The summed E-state index contributed by atoms with van der Waals surface area (Å²) in [6.07, 6.45) is 2.59. The van der Waals surface area contributed by atoms with Crippen LogP contribution in [0.25, 0.3) is 0 Å². The van der Waals surface area contributed by atoms with Crippen molar-refractivity contribution in [2.45, 2.75) is 31.4 Å². The molecule has 0 atom stereocenters. The van der Waals surface area contributed by atoms with Gasteiger partial charge in [-0.3, -0.25) is 4.68 Å². The first-order valence-corrected chi connectivity index (χ1v) is 9.25. The van der Waals surface area contributed by atoms with Crippen LogP contribution in [-0.4, -0.2) is 38.5 Å². The molecule has 24 heavy (non-hydrogen) atoms. The zero-order valence-corrected chi connectivity index (χ0v) is 14.6. The summed E-state index contributed by atoms with van der Waals surface area (Å²) in [5, 5.41) is 4.32. The number of benzene rings is 1. The van der Waals surface area contributed by atoms with Crippen LogP contribution in [-0.2, 0) is 34.3 Å². The standard InChI is InChI=1S/C16H21N3O4S/c1-12-9-14(22-2)3-4-16(12)24(20,21)18-6-7-19-15-5-8-23-11-13(15)10-17-19/h3-4,9-10,18H,5-8,11H2,1-2H3. The van der Waals surface area contributed by atoms with Crippen LogP contribution in [0.2, 0.25) is 0 Å². The molecule has 0 unspecified atom stereocenters. The fraction of sp³-hybridized carbons (Fsp3) is 0.438. The highest BCUT2D eigenvalue weighted by Crippen LogP contribution is 2.21. The lowest BCUT2D eigenvalue weighted by atomic mass is 10.2. The molecule has 0 amide bonds. The van der Waals surface area contributed by atoms with E-state index in [0.29, 0.717) is 31.1 Å². The van der Waals surface area contributed by atoms with E-state index in [9.17, 15) is 8.42 Å². The molecule has 1 aliphatic heterocycles. The van der Waals surface area contributed by atoms with Gasteiger partial charge in [-0.25, -0.2) is 13.1 Å². The van der Waals surface area contributed by atoms with Crippen LogP contribution in [0.15, 0.2) is 29.3 Å². The molecule has 0 spiro atoms. The first kappa shape index (κ1) is 16.9. The summed E-state index contributed by atoms with van der Waals surface area (Å²) in [5.74, 6) is 0.636. The van der Waals surface area contributed by atoms with Crippen molar-refractivity contribution in [2.75, 3.05) is 20.3 Å². The first-order chi connectivity index (χ1) is 11.5. The Hall–Kier alpha value is -1.90. The fourth-order valence-electron chi connectivity index (χ4n) is 2.82. The first-order valence-electron chi connectivity index (χ1n) is 7.77. The predicted octanol–water partition coefficient (Wildman–Crippen LogP) is 1.25. The smallest absolute Gasteiger partial charge is 0.240 e. The monoisotopic (exact) mass is 351 g/mol. The third-order valence-electron chi connectivity index (χ3n) is 4.06. The van der Waals surface area contributed by atoms with Crippen molar-refractivity contribution in [3.63, 3.8) is 0 Å². The lowest BCUT2D eigenvalue weighted by Gasteiger charge is -2.15. The molecular formula is C16H21N3O4S. The number of aryl methyl sites for hydroxylation is 1. The van der Waals surface area contributed by atoms with Crippen molar-refractivity contribution in [3.05, 3.63) is 41.2 Å². The van der Waals surface area contributed by atoms with Gasteiger partial charge in [-0.1, -0.05) is 0 Å². The Kier molecular flexibility index (Phi) is 4.88. The Morgan fingerprint density at radius 3 is 3.00 bits per heavy atom. The highest BCUT2D eigenvalue weighted by Gasteiger charge is 2.18. The number of nitrogens with one attached hydrogen (secondary N) is 1. The summed E-state index contributed by atoms with van der Waals surface area (Å²) in [6, 6.07) is 4.91. The number of rotatable bonds is 6. The quantitative estimate of drug-likeness (QED) is 0.847. The lowest BCUT2D eigenvalue weighted by molar-refractivity contribution is 0.109. The second-order valence-corrected chi connectivity index (χ2v) is 7.41. The number of nitrogens with zero attached hydrogens (tertiary/aromatic N) is 2. The molecule has 0 saturated carbocycles. The zero-order chi connectivity index (χ0) is 17.2. The van der Waals surface area contributed by atoms with Gasteiger partial charge in [-0.05, 0) is 30.7 Å². The highest BCUT2D eigenvalue weighted by atomic mass is 32.2. The van der Waals surface area contributed by atoms with Gasteiger partial charge < -0.3 is 9.47 Å². The van der Waals surface area contributed by atoms with Crippen LogP contribution in [0.1, 0.15) is 16.8 Å². The number of fused-ring (bicyclic) bond motifs is 1. The van der Waals surface area contributed by atoms with E-state index in [4.69, 9.17) is 9.47 Å². The van der Waals surface area contributed by atoms with Gasteiger partial charge in [-0.15, -0.1) is 0 Å². The normalized spacial score (nSPS) is 14.4. The molecule has 1 N–H and O–H groups in total. The minimum Gasteiger partial charge on any atom is -0.497 e. The van der Waals surface area contributed by atoms with Gasteiger partial charge in [0.15, 0.2) is 0 Å². The molecule has 0 aliphatic carbocycles. The Morgan fingerprint density at radius 1 is 1.42 bits per heavy atom. The Morgan fingerprint density at radius 2 is 2.25 bits per heavy atom. The second-order valence-electron chi connectivity index (χ2n) is 5.67. The van der Waals surface area contributed by atoms with Gasteiger partial charge in [0.1, 0.15) is 5.75 Å². The van der Waals surface area contributed by atoms with Crippen LogP contribution in [0.5, 0.6) is 5.75 Å².